The van der Waals surface area contributed by atoms with Gasteiger partial charge in [-0.3, -0.25) is 0 Å². The Bertz CT molecular complexity index is 447. The first kappa shape index (κ1) is 13.6. The van der Waals surface area contributed by atoms with Crippen LogP contribution in [0.5, 0.6) is 0 Å². The second kappa shape index (κ2) is 5.77. The summed E-state index contributed by atoms with van der Waals surface area (Å²) in [6, 6.07) is 6.32. The molecule has 90 valence electrons. The lowest BCUT2D eigenvalue weighted by Gasteiger charge is -2.13. The molecule has 2 N–H and O–H groups in total. The normalized spacial score (nSPS) is 13.7. The van der Waals surface area contributed by atoms with Crippen molar-refractivity contribution < 1.29 is 13.5 Å². The van der Waals surface area contributed by atoms with E-state index in [1.165, 1.54) is 6.07 Å². The topological polar surface area (TPSA) is 66.4 Å². The van der Waals surface area contributed by atoms with E-state index in [1.54, 1.807) is 25.1 Å². The number of benzene rings is 1. The maximum Gasteiger partial charge on any atom is 0.241 e. The third kappa shape index (κ3) is 3.55. The van der Waals surface area contributed by atoms with E-state index in [1.807, 2.05) is 0 Å². The highest BCUT2D eigenvalue weighted by atomic mass is 79.9. The highest BCUT2D eigenvalue weighted by molar-refractivity contribution is 9.10. The molecule has 0 bridgehead atoms. The zero-order chi connectivity index (χ0) is 12.2. The van der Waals surface area contributed by atoms with Gasteiger partial charge in [0.1, 0.15) is 0 Å². The van der Waals surface area contributed by atoms with Crippen LogP contribution in [0.25, 0.3) is 0 Å². The van der Waals surface area contributed by atoms with Crippen molar-refractivity contribution in [3.05, 3.63) is 28.7 Å². The predicted molar refractivity (Wildman–Crippen MR) is 65.6 cm³/mol. The Morgan fingerprint density at radius 3 is 2.62 bits per heavy atom. The number of hydrogen-bond acceptors (Lipinski definition) is 3. The fraction of sp³-hybridized carbons (Fsp3) is 0.400. The van der Waals surface area contributed by atoms with E-state index in [9.17, 15) is 8.42 Å². The van der Waals surface area contributed by atoms with Crippen LogP contribution in [0, 0.1) is 0 Å². The van der Waals surface area contributed by atoms with E-state index in [0.717, 1.165) is 0 Å². The maximum atomic E-state index is 11.9. The van der Waals surface area contributed by atoms with E-state index in [-0.39, 0.29) is 17.5 Å². The van der Waals surface area contributed by atoms with Crippen molar-refractivity contribution in [1.82, 2.24) is 4.72 Å². The molecule has 0 aliphatic heterocycles. The Balaban J connectivity index is 2.91. The van der Waals surface area contributed by atoms with Crippen LogP contribution in [-0.2, 0) is 10.0 Å². The maximum absolute atomic E-state index is 11.9. The van der Waals surface area contributed by atoms with Crippen molar-refractivity contribution in [3.63, 3.8) is 0 Å². The highest BCUT2D eigenvalue weighted by Gasteiger charge is 2.19. The van der Waals surface area contributed by atoms with Gasteiger partial charge in [-0.2, -0.15) is 0 Å². The summed E-state index contributed by atoms with van der Waals surface area (Å²) in [6.07, 6.45) is 0.393. The zero-order valence-corrected chi connectivity index (χ0v) is 11.3. The van der Waals surface area contributed by atoms with Gasteiger partial charge in [0.2, 0.25) is 10.0 Å². The molecule has 0 saturated carbocycles. The minimum Gasteiger partial charge on any atom is -0.396 e. The van der Waals surface area contributed by atoms with Crippen molar-refractivity contribution in [1.29, 1.82) is 0 Å². The van der Waals surface area contributed by atoms with E-state index < -0.39 is 10.0 Å². The van der Waals surface area contributed by atoms with Crippen LogP contribution >= 0.6 is 15.9 Å². The van der Waals surface area contributed by atoms with E-state index in [4.69, 9.17) is 5.11 Å². The van der Waals surface area contributed by atoms with Gasteiger partial charge in [-0.15, -0.1) is 0 Å². The van der Waals surface area contributed by atoms with Gasteiger partial charge in [0, 0.05) is 17.1 Å². The summed E-state index contributed by atoms with van der Waals surface area (Å²) < 4.78 is 26.9. The standard InChI is InChI=1S/C10H14BrNO3S/c1-8(6-7-13)12-16(14,15)10-5-3-2-4-9(10)11/h2-5,8,12-13H,6-7H2,1H3. The number of rotatable bonds is 5. The lowest BCUT2D eigenvalue weighted by Crippen LogP contribution is -2.33. The third-order valence-corrected chi connectivity index (χ3v) is 4.65. The molecule has 0 saturated heterocycles. The van der Waals surface area contributed by atoms with Gasteiger partial charge >= 0.3 is 0 Å². The third-order valence-electron chi connectivity index (χ3n) is 2.04. The largest absolute Gasteiger partial charge is 0.396 e. The first-order valence-electron chi connectivity index (χ1n) is 4.85. The molecule has 0 aromatic heterocycles. The zero-order valence-electron chi connectivity index (χ0n) is 8.85. The molecule has 4 nitrogen and oxygen atoms in total. The Morgan fingerprint density at radius 2 is 2.06 bits per heavy atom. The monoisotopic (exact) mass is 307 g/mol. The molecule has 1 atom stereocenters. The minimum absolute atomic E-state index is 0.0420. The molecule has 1 rings (SSSR count). The second-order valence-corrected chi connectivity index (χ2v) is 6.00. The molecule has 0 aliphatic carbocycles. The second-order valence-electron chi connectivity index (χ2n) is 3.47. The van der Waals surface area contributed by atoms with Crippen molar-refractivity contribution >= 4 is 26.0 Å². The molecule has 1 aromatic carbocycles. The number of nitrogens with one attached hydrogen (secondary N) is 1. The van der Waals surface area contributed by atoms with Crippen LogP contribution in [0.3, 0.4) is 0 Å². The van der Waals surface area contributed by atoms with Crippen molar-refractivity contribution in [2.75, 3.05) is 6.61 Å². The SMILES string of the molecule is CC(CCO)NS(=O)(=O)c1ccccc1Br. The fourth-order valence-electron chi connectivity index (χ4n) is 1.24. The van der Waals surface area contributed by atoms with E-state index >= 15 is 0 Å². The van der Waals surface area contributed by atoms with Gasteiger partial charge in [0.05, 0.1) is 4.90 Å². The number of halogens is 1. The average Bonchev–Trinajstić information content (AvgIpc) is 2.17. The first-order chi connectivity index (χ1) is 7.47. The number of sulfonamides is 1. The van der Waals surface area contributed by atoms with Crippen molar-refractivity contribution in [2.24, 2.45) is 0 Å². The molecule has 1 unspecified atom stereocenters. The summed E-state index contributed by atoms with van der Waals surface area (Å²) in [5, 5.41) is 8.71. The number of aliphatic hydroxyl groups is 1. The summed E-state index contributed by atoms with van der Waals surface area (Å²) in [5.74, 6) is 0. The quantitative estimate of drug-likeness (QED) is 0.866. The molecule has 0 heterocycles. The molecule has 0 amide bonds. The molecule has 0 aliphatic rings. The Hall–Kier alpha value is -0.430. The van der Waals surface area contributed by atoms with Crippen molar-refractivity contribution in [2.45, 2.75) is 24.3 Å². The Kier molecular flexibility index (Phi) is 4.91. The molecular formula is C10H14BrNO3S. The summed E-state index contributed by atoms with van der Waals surface area (Å²) in [7, 11) is -3.52. The number of hydrogen-bond donors (Lipinski definition) is 2. The fourth-order valence-corrected chi connectivity index (χ4v) is 3.52. The lowest BCUT2D eigenvalue weighted by atomic mass is 10.3. The summed E-state index contributed by atoms with van der Waals surface area (Å²) >= 11 is 3.19. The molecule has 0 fully saturated rings. The van der Waals surface area contributed by atoms with Gasteiger partial charge in [-0.25, -0.2) is 13.1 Å². The molecule has 0 radical (unpaired) electrons. The van der Waals surface area contributed by atoms with Crippen LogP contribution < -0.4 is 4.72 Å². The lowest BCUT2D eigenvalue weighted by molar-refractivity contribution is 0.275. The minimum atomic E-state index is -3.52. The van der Waals surface area contributed by atoms with Crippen molar-refractivity contribution in [3.8, 4) is 0 Å². The van der Waals surface area contributed by atoms with E-state index in [0.29, 0.717) is 10.9 Å². The van der Waals surface area contributed by atoms with Crippen LogP contribution in [0.4, 0.5) is 0 Å². The van der Waals surface area contributed by atoms with Gasteiger partial charge in [0.15, 0.2) is 0 Å². The number of aliphatic hydroxyl groups excluding tert-OH is 1. The molecule has 6 heteroatoms. The summed E-state index contributed by atoms with van der Waals surface area (Å²) in [6.45, 7) is 1.67. The van der Waals surface area contributed by atoms with Gasteiger partial charge in [-0.05, 0) is 41.4 Å². The average molecular weight is 308 g/mol. The van der Waals surface area contributed by atoms with Crippen LogP contribution in [-0.4, -0.2) is 26.2 Å². The Labute approximate surface area is 104 Å². The molecule has 1 aromatic rings. The Morgan fingerprint density at radius 1 is 1.44 bits per heavy atom. The smallest absolute Gasteiger partial charge is 0.241 e. The molecule has 0 spiro atoms. The van der Waals surface area contributed by atoms with Gasteiger partial charge in [-0.1, -0.05) is 12.1 Å². The van der Waals surface area contributed by atoms with Crippen LogP contribution in [0.1, 0.15) is 13.3 Å². The molecule has 16 heavy (non-hydrogen) atoms. The summed E-state index contributed by atoms with van der Waals surface area (Å²) in [4.78, 5) is 0.208. The van der Waals surface area contributed by atoms with Crippen LogP contribution in [0.15, 0.2) is 33.6 Å². The van der Waals surface area contributed by atoms with Gasteiger partial charge in [0.25, 0.3) is 0 Å². The van der Waals surface area contributed by atoms with E-state index in [2.05, 4.69) is 20.7 Å². The van der Waals surface area contributed by atoms with Gasteiger partial charge < -0.3 is 5.11 Å². The summed E-state index contributed by atoms with van der Waals surface area (Å²) in [5.41, 5.74) is 0. The van der Waals surface area contributed by atoms with Crippen LogP contribution in [0.2, 0.25) is 0 Å². The highest BCUT2D eigenvalue weighted by Crippen LogP contribution is 2.21. The first-order valence-corrected chi connectivity index (χ1v) is 7.12. The predicted octanol–water partition coefficient (Wildman–Crippen LogP) is 1.50. The molecular weight excluding hydrogens is 294 g/mol.